The van der Waals surface area contributed by atoms with Crippen LogP contribution in [0.4, 0.5) is 0 Å². The molecule has 0 aromatic rings. The molecular formula is C11H18N2O3. The monoisotopic (exact) mass is 226 g/mol. The van der Waals surface area contributed by atoms with Gasteiger partial charge in [0, 0.05) is 12.6 Å². The largest absolute Gasteiger partial charge is 0.480 e. The molecule has 2 rings (SSSR count). The van der Waals surface area contributed by atoms with E-state index in [0.29, 0.717) is 12.0 Å². The van der Waals surface area contributed by atoms with Crippen molar-refractivity contribution in [3.05, 3.63) is 0 Å². The average Bonchev–Trinajstić information content (AvgIpc) is 3.05. The van der Waals surface area contributed by atoms with Crippen LogP contribution in [0.1, 0.15) is 25.7 Å². The van der Waals surface area contributed by atoms with Gasteiger partial charge in [0.15, 0.2) is 0 Å². The van der Waals surface area contributed by atoms with Gasteiger partial charge in [-0.3, -0.25) is 14.5 Å². The topological polar surface area (TPSA) is 69.6 Å². The summed E-state index contributed by atoms with van der Waals surface area (Å²) in [6.45, 7) is 0.954. The van der Waals surface area contributed by atoms with E-state index in [9.17, 15) is 9.59 Å². The molecule has 0 aliphatic heterocycles. The smallest absolute Gasteiger partial charge is 0.317 e. The minimum absolute atomic E-state index is 0.0263. The lowest BCUT2D eigenvalue weighted by atomic mass is 10.4. The number of hydrogen-bond acceptors (Lipinski definition) is 3. The summed E-state index contributed by atoms with van der Waals surface area (Å²) in [6, 6.07) is 0.308. The molecule has 5 nitrogen and oxygen atoms in total. The summed E-state index contributed by atoms with van der Waals surface area (Å²) in [4.78, 5) is 23.9. The lowest BCUT2D eigenvalue weighted by Gasteiger charge is -2.18. The number of carbonyl (C=O) groups is 2. The highest BCUT2D eigenvalue weighted by Gasteiger charge is 2.31. The van der Waals surface area contributed by atoms with Crippen molar-refractivity contribution in [1.29, 1.82) is 0 Å². The first-order chi connectivity index (χ1) is 7.65. The molecule has 2 aliphatic rings. The van der Waals surface area contributed by atoms with Crippen LogP contribution in [0.25, 0.3) is 0 Å². The van der Waals surface area contributed by atoms with Crippen molar-refractivity contribution >= 4 is 11.9 Å². The number of carboxylic acids is 1. The highest BCUT2D eigenvalue weighted by atomic mass is 16.4. The van der Waals surface area contributed by atoms with Gasteiger partial charge in [0.1, 0.15) is 0 Å². The Morgan fingerprint density at radius 2 is 1.88 bits per heavy atom. The molecule has 0 bridgehead atoms. The number of rotatable bonds is 7. The number of nitrogens with one attached hydrogen (secondary N) is 1. The Morgan fingerprint density at radius 3 is 2.38 bits per heavy atom. The maximum absolute atomic E-state index is 11.6. The molecule has 0 spiro atoms. The summed E-state index contributed by atoms with van der Waals surface area (Å²) in [5, 5.41) is 11.6. The average molecular weight is 226 g/mol. The second-order valence-corrected chi connectivity index (χ2v) is 4.78. The van der Waals surface area contributed by atoms with Gasteiger partial charge < -0.3 is 10.4 Å². The number of carboxylic acid groups (broad SMARTS) is 1. The van der Waals surface area contributed by atoms with E-state index < -0.39 is 5.97 Å². The maximum Gasteiger partial charge on any atom is 0.317 e. The molecule has 2 saturated carbocycles. The van der Waals surface area contributed by atoms with Crippen LogP contribution in [0.2, 0.25) is 0 Å². The van der Waals surface area contributed by atoms with E-state index in [1.807, 2.05) is 0 Å². The van der Waals surface area contributed by atoms with Gasteiger partial charge in [-0.2, -0.15) is 0 Å². The van der Waals surface area contributed by atoms with Crippen molar-refractivity contribution in [3.8, 4) is 0 Å². The van der Waals surface area contributed by atoms with Crippen molar-refractivity contribution in [1.82, 2.24) is 10.2 Å². The van der Waals surface area contributed by atoms with Crippen LogP contribution in [0.3, 0.4) is 0 Å². The van der Waals surface area contributed by atoms with Crippen molar-refractivity contribution in [2.45, 2.75) is 31.7 Å². The lowest BCUT2D eigenvalue weighted by Crippen LogP contribution is -2.41. The maximum atomic E-state index is 11.6. The predicted molar refractivity (Wildman–Crippen MR) is 58.0 cm³/mol. The Hall–Kier alpha value is -1.10. The van der Waals surface area contributed by atoms with E-state index >= 15 is 0 Å². The third-order valence-electron chi connectivity index (χ3n) is 3.03. The van der Waals surface area contributed by atoms with Crippen molar-refractivity contribution in [2.24, 2.45) is 5.92 Å². The van der Waals surface area contributed by atoms with Crippen molar-refractivity contribution in [2.75, 3.05) is 19.6 Å². The standard InChI is InChI=1S/C11H18N2O3/c14-10(12-5-8-1-2-8)6-13(7-11(15)16)9-3-4-9/h8-9H,1-7H2,(H,12,14)(H,15,16). The molecule has 2 aliphatic carbocycles. The van der Waals surface area contributed by atoms with Crippen molar-refractivity contribution < 1.29 is 14.7 Å². The number of aliphatic carboxylic acids is 1. The molecular weight excluding hydrogens is 208 g/mol. The van der Waals surface area contributed by atoms with E-state index in [1.54, 1.807) is 4.90 Å². The minimum atomic E-state index is -0.859. The molecule has 1 amide bonds. The summed E-state index contributed by atoms with van der Waals surface area (Å²) in [7, 11) is 0. The van der Waals surface area contributed by atoms with Crippen LogP contribution in [-0.4, -0.2) is 47.6 Å². The first kappa shape index (κ1) is 11.4. The second-order valence-electron chi connectivity index (χ2n) is 4.78. The van der Waals surface area contributed by atoms with E-state index in [4.69, 9.17) is 5.11 Å². The molecule has 0 unspecified atom stereocenters. The zero-order valence-electron chi connectivity index (χ0n) is 9.32. The van der Waals surface area contributed by atoms with Crippen LogP contribution in [0, 0.1) is 5.92 Å². The van der Waals surface area contributed by atoms with Crippen LogP contribution in [0.15, 0.2) is 0 Å². The van der Waals surface area contributed by atoms with Gasteiger partial charge in [0.2, 0.25) is 5.91 Å². The van der Waals surface area contributed by atoms with Gasteiger partial charge in [-0.15, -0.1) is 0 Å². The van der Waals surface area contributed by atoms with Gasteiger partial charge >= 0.3 is 5.97 Å². The summed E-state index contributed by atoms with van der Waals surface area (Å²) in [6.07, 6.45) is 4.45. The molecule has 0 radical (unpaired) electrons. The Labute approximate surface area is 94.8 Å². The Kier molecular flexibility index (Phi) is 3.43. The summed E-state index contributed by atoms with van der Waals surface area (Å²) in [5.74, 6) is -0.236. The number of amides is 1. The van der Waals surface area contributed by atoms with Gasteiger partial charge in [-0.1, -0.05) is 0 Å². The second kappa shape index (κ2) is 4.82. The lowest BCUT2D eigenvalue weighted by molar-refractivity contribution is -0.138. The Morgan fingerprint density at radius 1 is 1.19 bits per heavy atom. The highest BCUT2D eigenvalue weighted by Crippen LogP contribution is 2.28. The van der Waals surface area contributed by atoms with E-state index in [2.05, 4.69) is 5.32 Å². The van der Waals surface area contributed by atoms with Gasteiger partial charge in [-0.25, -0.2) is 0 Å². The minimum Gasteiger partial charge on any atom is -0.480 e. The molecule has 90 valence electrons. The molecule has 2 fully saturated rings. The van der Waals surface area contributed by atoms with Gasteiger partial charge in [0.25, 0.3) is 0 Å². The molecule has 0 aromatic carbocycles. The molecule has 0 saturated heterocycles. The molecule has 16 heavy (non-hydrogen) atoms. The highest BCUT2D eigenvalue weighted by molar-refractivity contribution is 5.79. The number of carbonyl (C=O) groups excluding carboxylic acids is 1. The predicted octanol–water partition coefficient (Wildman–Crippen LogP) is 0.0616. The molecule has 5 heteroatoms. The van der Waals surface area contributed by atoms with Crippen LogP contribution >= 0.6 is 0 Å². The normalized spacial score (nSPS) is 19.8. The zero-order chi connectivity index (χ0) is 11.5. The van der Waals surface area contributed by atoms with E-state index in [0.717, 1.165) is 19.4 Å². The fourth-order valence-corrected chi connectivity index (χ4v) is 1.75. The zero-order valence-corrected chi connectivity index (χ0v) is 9.32. The third kappa shape index (κ3) is 3.81. The summed E-state index contributed by atoms with van der Waals surface area (Å²) >= 11 is 0. The summed E-state index contributed by atoms with van der Waals surface area (Å²) in [5.41, 5.74) is 0. The molecule has 2 N–H and O–H groups in total. The van der Waals surface area contributed by atoms with Crippen LogP contribution in [0.5, 0.6) is 0 Å². The Balaban J connectivity index is 1.70. The van der Waals surface area contributed by atoms with Crippen molar-refractivity contribution in [3.63, 3.8) is 0 Å². The van der Waals surface area contributed by atoms with E-state index in [-0.39, 0.29) is 19.0 Å². The third-order valence-corrected chi connectivity index (χ3v) is 3.03. The Bertz CT molecular complexity index is 285. The van der Waals surface area contributed by atoms with Gasteiger partial charge in [0.05, 0.1) is 13.1 Å². The SMILES string of the molecule is O=C(O)CN(CC(=O)NCC1CC1)C1CC1. The fourth-order valence-electron chi connectivity index (χ4n) is 1.75. The first-order valence-corrected chi connectivity index (χ1v) is 5.87. The quantitative estimate of drug-likeness (QED) is 0.644. The van der Waals surface area contributed by atoms with E-state index in [1.165, 1.54) is 12.8 Å². The van der Waals surface area contributed by atoms with Crippen LogP contribution in [-0.2, 0) is 9.59 Å². The van der Waals surface area contributed by atoms with Crippen LogP contribution < -0.4 is 5.32 Å². The first-order valence-electron chi connectivity index (χ1n) is 5.87. The molecule has 0 atom stereocenters. The molecule has 0 heterocycles. The number of nitrogens with zero attached hydrogens (tertiary/aromatic N) is 1. The van der Waals surface area contributed by atoms with Gasteiger partial charge in [-0.05, 0) is 31.6 Å². The molecule has 0 aromatic heterocycles. The number of hydrogen-bond donors (Lipinski definition) is 2. The summed E-state index contributed by atoms with van der Waals surface area (Å²) < 4.78 is 0. The fraction of sp³-hybridized carbons (Fsp3) is 0.818.